The Bertz CT molecular complexity index is 314. The van der Waals surface area contributed by atoms with Crippen LogP contribution in [0.25, 0.3) is 0 Å². The first-order valence-corrected chi connectivity index (χ1v) is 7.43. The average Bonchev–Trinajstić information content (AvgIpc) is 2.74. The van der Waals surface area contributed by atoms with Gasteiger partial charge < -0.3 is 5.32 Å². The van der Waals surface area contributed by atoms with E-state index in [2.05, 4.69) is 9.14 Å². The second kappa shape index (κ2) is 5.94. The molecule has 0 aromatic heterocycles. The van der Waals surface area contributed by atoms with E-state index in [0.29, 0.717) is 18.9 Å². The molecule has 0 aromatic carbocycles. The number of likely N-dealkylation sites (N-methyl/N-ethyl adjacent to an activating group) is 1. The molecule has 0 radical (unpaired) electrons. The van der Waals surface area contributed by atoms with E-state index in [4.69, 9.17) is 5.41 Å². The fourth-order valence-electron chi connectivity index (χ4n) is 1.73. The molecule has 0 aromatic rings. The summed E-state index contributed by atoms with van der Waals surface area (Å²) in [5.74, 6) is 2.57. The van der Waals surface area contributed by atoms with Crippen LogP contribution in [0, 0.1) is 5.41 Å². The molecule has 2 aliphatic heterocycles. The van der Waals surface area contributed by atoms with Gasteiger partial charge in [-0.3, -0.25) is 20.1 Å². The molecule has 1 amide bonds. The number of carbonyl (C=O) groups is 1. The Morgan fingerprint density at radius 1 is 1.41 bits per heavy atom. The zero-order valence-corrected chi connectivity index (χ0v) is 11.4. The smallest absolute Gasteiger partial charge is 0.233 e. The SMILES string of the molecule is CNC(=O)CN1CCSN2SCCN2C(=N)C1. The highest BCUT2D eigenvalue weighted by molar-refractivity contribution is 8.12. The Hall–Kier alpha value is -0.440. The molecular formula is C9H17N5OS2. The highest BCUT2D eigenvalue weighted by Gasteiger charge is 2.29. The van der Waals surface area contributed by atoms with E-state index >= 15 is 0 Å². The summed E-state index contributed by atoms with van der Waals surface area (Å²) < 4.78 is 2.10. The Labute approximate surface area is 110 Å². The number of nitrogens with one attached hydrogen (secondary N) is 2. The normalized spacial score (nSPS) is 23.1. The van der Waals surface area contributed by atoms with Crippen LogP contribution < -0.4 is 5.32 Å². The van der Waals surface area contributed by atoms with Crippen molar-refractivity contribution in [2.45, 2.75) is 0 Å². The summed E-state index contributed by atoms with van der Waals surface area (Å²) in [5, 5.41) is 12.7. The molecule has 8 heteroatoms. The number of hydrazine groups is 1. The Morgan fingerprint density at radius 3 is 2.82 bits per heavy atom. The number of amidine groups is 1. The van der Waals surface area contributed by atoms with Gasteiger partial charge in [-0.1, -0.05) is 0 Å². The molecule has 2 rings (SSSR count). The molecule has 0 aliphatic carbocycles. The Morgan fingerprint density at radius 2 is 2.12 bits per heavy atom. The second-order valence-corrected chi connectivity index (χ2v) is 6.11. The van der Waals surface area contributed by atoms with Gasteiger partial charge in [0, 0.05) is 31.6 Å². The summed E-state index contributed by atoms with van der Waals surface area (Å²) in [7, 11) is 1.64. The standard InChI is InChI=1S/C9H17N5OS2/c1-11-9(15)7-12-2-4-16-14-13(3-5-17-14)8(10)6-12/h10H,2-7H2,1H3,(H,11,15). The molecule has 2 heterocycles. The van der Waals surface area contributed by atoms with Crippen LogP contribution in [0.3, 0.4) is 0 Å². The van der Waals surface area contributed by atoms with Gasteiger partial charge in [-0.05, 0) is 23.9 Å². The molecule has 2 aliphatic rings. The van der Waals surface area contributed by atoms with Crippen molar-refractivity contribution in [1.82, 2.24) is 19.0 Å². The minimum atomic E-state index is 0.0102. The van der Waals surface area contributed by atoms with Crippen molar-refractivity contribution < 1.29 is 4.79 Å². The lowest BCUT2D eigenvalue weighted by atomic mass is 10.4. The van der Waals surface area contributed by atoms with E-state index in [9.17, 15) is 4.79 Å². The maximum atomic E-state index is 11.4. The Balaban J connectivity index is 1.94. The van der Waals surface area contributed by atoms with Crippen molar-refractivity contribution in [2.24, 2.45) is 0 Å². The molecule has 6 nitrogen and oxygen atoms in total. The topological polar surface area (TPSA) is 62.7 Å². The van der Waals surface area contributed by atoms with E-state index < -0.39 is 0 Å². The van der Waals surface area contributed by atoms with Crippen molar-refractivity contribution in [2.75, 3.05) is 44.7 Å². The van der Waals surface area contributed by atoms with Gasteiger partial charge in [-0.15, -0.1) is 3.82 Å². The lowest BCUT2D eigenvalue weighted by Crippen LogP contribution is -2.47. The molecule has 0 atom stereocenters. The van der Waals surface area contributed by atoms with Crippen LogP contribution in [0.1, 0.15) is 0 Å². The summed E-state index contributed by atoms with van der Waals surface area (Å²) in [6.07, 6.45) is 0. The highest BCUT2D eigenvalue weighted by Crippen LogP contribution is 2.31. The van der Waals surface area contributed by atoms with Crippen molar-refractivity contribution >= 4 is 35.6 Å². The van der Waals surface area contributed by atoms with Crippen LogP contribution in [-0.4, -0.2) is 70.2 Å². The first-order valence-electron chi connectivity index (χ1n) is 5.54. The molecular weight excluding hydrogens is 258 g/mol. The molecule has 17 heavy (non-hydrogen) atoms. The summed E-state index contributed by atoms with van der Waals surface area (Å²) in [6, 6.07) is 0. The van der Waals surface area contributed by atoms with E-state index in [0.717, 1.165) is 24.6 Å². The number of fused-ring (bicyclic) bond motifs is 1. The number of hydrogen-bond acceptors (Lipinski definition) is 6. The lowest BCUT2D eigenvalue weighted by Gasteiger charge is -2.33. The predicted molar refractivity (Wildman–Crippen MR) is 71.7 cm³/mol. The molecule has 0 bridgehead atoms. The van der Waals surface area contributed by atoms with Crippen LogP contribution in [0.5, 0.6) is 0 Å². The van der Waals surface area contributed by atoms with Gasteiger partial charge in [0.2, 0.25) is 5.91 Å². The molecule has 2 saturated heterocycles. The van der Waals surface area contributed by atoms with Gasteiger partial charge in [0.1, 0.15) is 5.84 Å². The third-order valence-corrected chi connectivity index (χ3v) is 4.84. The monoisotopic (exact) mass is 275 g/mol. The molecule has 0 unspecified atom stereocenters. The van der Waals surface area contributed by atoms with E-state index in [-0.39, 0.29) is 5.91 Å². The van der Waals surface area contributed by atoms with Crippen LogP contribution in [0.2, 0.25) is 0 Å². The van der Waals surface area contributed by atoms with E-state index in [1.165, 1.54) is 0 Å². The summed E-state index contributed by atoms with van der Waals surface area (Å²) >= 11 is 3.47. The highest BCUT2D eigenvalue weighted by atomic mass is 32.2. The molecule has 0 spiro atoms. The maximum absolute atomic E-state index is 11.4. The number of rotatable bonds is 2. The summed E-state index contributed by atoms with van der Waals surface area (Å²) in [6.45, 7) is 2.65. The fourth-order valence-corrected chi connectivity index (χ4v) is 4.03. The zero-order chi connectivity index (χ0) is 12.3. The summed E-state index contributed by atoms with van der Waals surface area (Å²) in [4.78, 5) is 13.4. The minimum Gasteiger partial charge on any atom is -0.358 e. The van der Waals surface area contributed by atoms with E-state index in [1.54, 1.807) is 30.9 Å². The number of hydrogen-bond donors (Lipinski definition) is 2. The maximum Gasteiger partial charge on any atom is 0.233 e. The van der Waals surface area contributed by atoms with Crippen LogP contribution in [-0.2, 0) is 4.79 Å². The number of carbonyl (C=O) groups excluding carboxylic acids is 1. The van der Waals surface area contributed by atoms with Crippen molar-refractivity contribution in [3.05, 3.63) is 0 Å². The molecule has 2 N–H and O–H groups in total. The third kappa shape index (κ3) is 3.27. The third-order valence-electron chi connectivity index (χ3n) is 2.64. The van der Waals surface area contributed by atoms with E-state index in [1.807, 2.05) is 9.91 Å². The molecule has 2 fully saturated rings. The fraction of sp³-hybridized carbons (Fsp3) is 0.778. The van der Waals surface area contributed by atoms with Gasteiger partial charge in [0.05, 0.1) is 13.1 Å². The second-order valence-electron chi connectivity index (χ2n) is 3.86. The predicted octanol–water partition coefficient (Wildman–Crippen LogP) is -0.146. The minimum absolute atomic E-state index is 0.0102. The zero-order valence-electron chi connectivity index (χ0n) is 9.81. The molecule has 0 saturated carbocycles. The van der Waals surface area contributed by atoms with Gasteiger partial charge in [-0.25, -0.2) is 0 Å². The first kappa shape index (κ1) is 13.0. The van der Waals surface area contributed by atoms with Crippen LogP contribution >= 0.6 is 23.9 Å². The van der Waals surface area contributed by atoms with Crippen LogP contribution in [0.4, 0.5) is 0 Å². The van der Waals surface area contributed by atoms with Crippen LogP contribution in [0.15, 0.2) is 0 Å². The van der Waals surface area contributed by atoms with Gasteiger partial charge in [-0.2, -0.15) is 0 Å². The van der Waals surface area contributed by atoms with Crippen molar-refractivity contribution in [3.63, 3.8) is 0 Å². The first-order chi connectivity index (χ1) is 8.20. The largest absolute Gasteiger partial charge is 0.358 e. The molecule has 96 valence electrons. The van der Waals surface area contributed by atoms with Gasteiger partial charge >= 0.3 is 0 Å². The van der Waals surface area contributed by atoms with Gasteiger partial charge in [0.15, 0.2) is 0 Å². The Kier molecular flexibility index (Phi) is 4.55. The van der Waals surface area contributed by atoms with Crippen molar-refractivity contribution in [1.29, 1.82) is 5.41 Å². The number of amides is 1. The quantitative estimate of drug-likeness (QED) is 0.684. The van der Waals surface area contributed by atoms with Crippen molar-refractivity contribution in [3.8, 4) is 0 Å². The average molecular weight is 275 g/mol. The summed E-state index contributed by atoms with van der Waals surface area (Å²) in [5.41, 5.74) is 0. The lowest BCUT2D eigenvalue weighted by molar-refractivity contribution is -0.121. The van der Waals surface area contributed by atoms with Gasteiger partial charge in [0.25, 0.3) is 0 Å². The number of nitrogens with zero attached hydrogens (tertiary/aromatic N) is 3.